The van der Waals surface area contributed by atoms with E-state index in [2.05, 4.69) is 21.5 Å². The molecule has 4 heteroatoms. The maximum absolute atomic E-state index is 5.82. The smallest absolute Gasteiger partial charge is 0.159 e. The van der Waals surface area contributed by atoms with Crippen molar-refractivity contribution in [2.75, 3.05) is 0 Å². The van der Waals surface area contributed by atoms with Crippen molar-refractivity contribution in [2.45, 2.75) is 26.3 Å². The molecule has 0 fully saturated rings. The third-order valence-corrected chi connectivity index (χ3v) is 2.38. The van der Waals surface area contributed by atoms with Gasteiger partial charge in [-0.15, -0.1) is 0 Å². The summed E-state index contributed by atoms with van der Waals surface area (Å²) in [6.07, 6.45) is 5.81. The number of rotatable bonds is 3. The van der Waals surface area contributed by atoms with Gasteiger partial charge in [-0.25, -0.2) is 9.97 Å². The van der Waals surface area contributed by atoms with Crippen molar-refractivity contribution in [2.24, 2.45) is 0 Å². The molecule has 0 atom stereocenters. The van der Waals surface area contributed by atoms with Crippen LogP contribution in [0.5, 0.6) is 0 Å². The highest BCUT2D eigenvalue weighted by Crippen LogP contribution is 2.15. The second-order valence-corrected chi connectivity index (χ2v) is 3.72. The van der Waals surface area contributed by atoms with Crippen molar-refractivity contribution in [1.29, 1.82) is 0 Å². The van der Waals surface area contributed by atoms with Crippen LogP contribution in [-0.4, -0.2) is 14.5 Å². The summed E-state index contributed by atoms with van der Waals surface area (Å²) in [4.78, 5) is 8.51. The minimum Gasteiger partial charge on any atom is -0.315 e. The van der Waals surface area contributed by atoms with Gasteiger partial charge in [0.25, 0.3) is 0 Å². The summed E-state index contributed by atoms with van der Waals surface area (Å²) in [6, 6.07) is 1.84. The van der Waals surface area contributed by atoms with E-state index >= 15 is 0 Å². The second-order valence-electron chi connectivity index (χ2n) is 3.29. The zero-order valence-electron chi connectivity index (χ0n) is 8.07. The van der Waals surface area contributed by atoms with Gasteiger partial charge in [-0.2, -0.15) is 0 Å². The van der Waals surface area contributed by atoms with Crippen LogP contribution in [0.3, 0.4) is 0 Å². The molecule has 74 valence electrons. The first-order chi connectivity index (χ1) is 6.81. The Morgan fingerprint density at radius 1 is 1.43 bits per heavy atom. The number of imidazole rings is 1. The number of nitrogens with zero attached hydrogens (tertiary/aromatic N) is 3. The van der Waals surface area contributed by atoms with Crippen molar-refractivity contribution in [3.63, 3.8) is 0 Å². The van der Waals surface area contributed by atoms with Crippen molar-refractivity contribution < 1.29 is 0 Å². The molecule has 0 saturated carbocycles. The predicted octanol–water partition coefficient (Wildman–Crippen LogP) is 2.88. The summed E-state index contributed by atoms with van der Waals surface area (Å²) < 4.78 is 2.06. The third-order valence-electron chi connectivity index (χ3n) is 2.17. The third kappa shape index (κ3) is 1.73. The monoisotopic (exact) mass is 209 g/mol. The van der Waals surface area contributed by atoms with Gasteiger partial charge in [0, 0.05) is 12.7 Å². The van der Waals surface area contributed by atoms with Crippen molar-refractivity contribution in [1.82, 2.24) is 14.5 Å². The van der Waals surface area contributed by atoms with Crippen LogP contribution in [0.25, 0.3) is 11.2 Å². The van der Waals surface area contributed by atoms with Gasteiger partial charge >= 0.3 is 0 Å². The van der Waals surface area contributed by atoms with Crippen LogP contribution < -0.4 is 0 Å². The molecule has 0 unspecified atom stereocenters. The molecule has 0 spiro atoms. The van der Waals surface area contributed by atoms with Gasteiger partial charge in [-0.1, -0.05) is 24.9 Å². The zero-order valence-corrected chi connectivity index (χ0v) is 8.83. The van der Waals surface area contributed by atoms with E-state index in [-0.39, 0.29) is 0 Å². The van der Waals surface area contributed by atoms with E-state index < -0.39 is 0 Å². The van der Waals surface area contributed by atoms with Crippen molar-refractivity contribution >= 4 is 22.8 Å². The summed E-state index contributed by atoms with van der Waals surface area (Å²) in [5.74, 6) is 0. The molecule has 0 N–H and O–H groups in total. The van der Waals surface area contributed by atoms with Gasteiger partial charge in [-0.3, -0.25) is 0 Å². The summed E-state index contributed by atoms with van der Waals surface area (Å²) in [5.41, 5.74) is 1.79. The number of fused-ring (bicyclic) bond motifs is 1. The molecule has 2 aromatic heterocycles. The molecule has 14 heavy (non-hydrogen) atoms. The van der Waals surface area contributed by atoms with Crippen LogP contribution >= 0.6 is 11.6 Å². The molecule has 2 aromatic rings. The first kappa shape index (κ1) is 9.46. The molecular formula is C10H12ClN3. The number of aryl methyl sites for hydroxylation is 1. The number of hydrogen-bond donors (Lipinski definition) is 0. The number of unbranched alkanes of at least 4 members (excludes halogenated alkanes) is 1. The molecule has 0 aliphatic heterocycles. The standard InChI is InChI=1S/C10H12ClN3/c1-2-3-4-14-7-13-9-5-8(11)6-12-10(9)14/h5-7H,2-4H2,1H3. The molecule has 2 rings (SSSR count). The van der Waals surface area contributed by atoms with Gasteiger partial charge in [0.05, 0.1) is 11.3 Å². The Morgan fingerprint density at radius 3 is 3.07 bits per heavy atom. The molecule has 3 nitrogen and oxygen atoms in total. The van der Waals surface area contributed by atoms with Crippen LogP contribution in [0, 0.1) is 0 Å². The largest absolute Gasteiger partial charge is 0.315 e. The normalized spacial score (nSPS) is 11.0. The zero-order chi connectivity index (χ0) is 9.97. The maximum atomic E-state index is 5.82. The Morgan fingerprint density at radius 2 is 2.29 bits per heavy atom. The first-order valence-electron chi connectivity index (χ1n) is 4.77. The topological polar surface area (TPSA) is 30.7 Å². The molecule has 0 bridgehead atoms. The molecule has 0 amide bonds. The highest BCUT2D eigenvalue weighted by atomic mass is 35.5. The Bertz CT molecular complexity index is 436. The van der Waals surface area contributed by atoms with Gasteiger partial charge in [-0.05, 0) is 12.5 Å². The fraction of sp³-hybridized carbons (Fsp3) is 0.400. The average Bonchev–Trinajstić information content (AvgIpc) is 2.57. The molecule has 0 aliphatic rings. The highest BCUT2D eigenvalue weighted by molar-refractivity contribution is 6.30. The summed E-state index contributed by atoms with van der Waals surface area (Å²) in [5, 5.41) is 0.637. The Balaban J connectivity index is 2.37. The highest BCUT2D eigenvalue weighted by Gasteiger charge is 2.03. The Hall–Kier alpha value is -1.09. The van der Waals surface area contributed by atoms with Crippen LogP contribution in [0.2, 0.25) is 5.02 Å². The predicted molar refractivity (Wildman–Crippen MR) is 57.4 cm³/mol. The Labute approximate surface area is 87.7 Å². The minimum absolute atomic E-state index is 0.637. The van der Waals surface area contributed by atoms with Gasteiger partial charge in [0.1, 0.15) is 5.52 Å². The summed E-state index contributed by atoms with van der Waals surface area (Å²) in [6.45, 7) is 3.14. The van der Waals surface area contributed by atoms with E-state index in [4.69, 9.17) is 11.6 Å². The van der Waals surface area contributed by atoms with Crippen LogP contribution in [0.15, 0.2) is 18.6 Å². The van der Waals surface area contributed by atoms with E-state index in [0.29, 0.717) is 5.02 Å². The maximum Gasteiger partial charge on any atom is 0.159 e. The van der Waals surface area contributed by atoms with E-state index in [1.165, 1.54) is 6.42 Å². The van der Waals surface area contributed by atoms with Crippen molar-refractivity contribution in [3.05, 3.63) is 23.6 Å². The molecule has 0 aliphatic carbocycles. The first-order valence-corrected chi connectivity index (χ1v) is 5.15. The van der Waals surface area contributed by atoms with Crippen LogP contribution in [0.4, 0.5) is 0 Å². The fourth-order valence-corrected chi connectivity index (χ4v) is 1.57. The molecule has 2 heterocycles. The lowest BCUT2D eigenvalue weighted by molar-refractivity contribution is 0.642. The lowest BCUT2D eigenvalue weighted by Crippen LogP contribution is -1.96. The Kier molecular flexibility index (Phi) is 2.68. The molecule has 0 saturated heterocycles. The number of pyridine rings is 1. The van der Waals surface area contributed by atoms with E-state index in [1.54, 1.807) is 6.20 Å². The van der Waals surface area contributed by atoms with E-state index in [0.717, 1.165) is 24.1 Å². The molecular weight excluding hydrogens is 198 g/mol. The molecule has 0 radical (unpaired) electrons. The lowest BCUT2D eigenvalue weighted by Gasteiger charge is -2.00. The minimum atomic E-state index is 0.637. The van der Waals surface area contributed by atoms with E-state index in [1.807, 2.05) is 12.4 Å². The number of aromatic nitrogens is 3. The van der Waals surface area contributed by atoms with Gasteiger partial charge < -0.3 is 4.57 Å². The van der Waals surface area contributed by atoms with Crippen molar-refractivity contribution in [3.8, 4) is 0 Å². The second kappa shape index (κ2) is 3.96. The van der Waals surface area contributed by atoms with E-state index in [9.17, 15) is 0 Å². The SMILES string of the molecule is CCCCn1cnc2cc(Cl)cnc21. The number of hydrogen-bond acceptors (Lipinski definition) is 2. The lowest BCUT2D eigenvalue weighted by atomic mass is 10.3. The van der Waals surface area contributed by atoms with Crippen LogP contribution in [0.1, 0.15) is 19.8 Å². The average molecular weight is 210 g/mol. The van der Waals surface area contributed by atoms with Crippen LogP contribution in [-0.2, 0) is 6.54 Å². The quantitative estimate of drug-likeness (QED) is 0.778. The van der Waals surface area contributed by atoms with Gasteiger partial charge in [0.15, 0.2) is 5.65 Å². The summed E-state index contributed by atoms with van der Waals surface area (Å²) >= 11 is 5.82. The molecule has 0 aromatic carbocycles. The number of halogens is 1. The van der Waals surface area contributed by atoms with Gasteiger partial charge in [0.2, 0.25) is 0 Å². The fourth-order valence-electron chi connectivity index (χ4n) is 1.42. The summed E-state index contributed by atoms with van der Waals surface area (Å²) in [7, 11) is 0.